The van der Waals surface area contributed by atoms with Crippen molar-refractivity contribution >= 4 is 5.91 Å². The Labute approximate surface area is 141 Å². The molecule has 0 aliphatic rings. The first-order valence-corrected chi connectivity index (χ1v) is 7.77. The number of aryl methyl sites for hydroxylation is 2. The van der Waals surface area contributed by atoms with Crippen LogP contribution in [0.1, 0.15) is 47.3 Å². The number of H-pyrrole nitrogens is 1. The SMILES string of the molecule is CCCCc1noc(C)c1COc1cc(C(=O)NCC(F)(F)F)[nH]n1. The second-order valence-electron chi connectivity index (χ2n) is 5.47. The molecular weight excluding hydrogens is 341 g/mol. The summed E-state index contributed by atoms with van der Waals surface area (Å²) in [7, 11) is 0. The number of nitrogens with zero attached hydrogens (tertiary/aromatic N) is 2. The lowest BCUT2D eigenvalue weighted by molar-refractivity contribution is -0.123. The van der Waals surface area contributed by atoms with Gasteiger partial charge in [0.25, 0.3) is 5.91 Å². The Morgan fingerprint density at radius 1 is 1.44 bits per heavy atom. The Kier molecular flexibility index (Phi) is 6.05. The Morgan fingerprint density at radius 3 is 2.88 bits per heavy atom. The van der Waals surface area contributed by atoms with Crippen LogP contribution < -0.4 is 10.1 Å². The molecule has 2 heterocycles. The second kappa shape index (κ2) is 8.04. The van der Waals surface area contributed by atoms with E-state index in [0.717, 1.165) is 30.5 Å². The number of hydrogen-bond acceptors (Lipinski definition) is 5. The maximum Gasteiger partial charge on any atom is 0.405 e. The van der Waals surface area contributed by atoms with Crippen LogP contribution in [0.3, 0.4) is 0 Å². The van der Waals surface area contributed by atoms with E-state index in [0.29, 0.717) is 5.76 Å². The molecule has 0 aliphatic carbocycles. The standard InChI is InChI=1S/C15H19F3N4O3/c1-3-4-5-11-10(9(2)25-22-11)7-24-13-6-12(20-21-13)14(23)19-8-15(16,17)18/h6H,3-5,7-8H2,1-2H3,(H,19,23)(H,20,21). The molecule has 0 atom stereocenters. The second-order valence-corrected chi connectivity index (χ2v) is 5.47. The highest BCUT2D eigenvalue weighted by Gasteiger charge is 2.28. The summed E-state index contributed by atoms with van der Waals surface area (Å²) in [6, 6.07) is 1.24. The predicted molar refractivity (Wildman–Crippen MR) is 81.2 cm³/mol. The lowest BCUT2D eigenvalue weighted by atomic mass is 10.1. The molecule has 0 bridgehead atoms. The molecule has 0 aromatic carbocycles. The third-order valence-corrected chi connectivity index (χ3v) is 3.45. The number of alkyl halides is 3. The number of carbonyl (C=O) groups excluding carboxylic acids is 1. The average Bonchev–Trinajstić information content (AvgIpc) is 3.15. The number of hydrogen-bond donors (Lipinski definition) is 2. The summed E-state index contributed by atoms with van der Waals surface area (Å²) in [5.41, 5.74) is 1.49. The summed E-state index contributed by atoms with van der Waals surface area (Å²) in [4.78, 5) is 11.6. The fourth-order valence-corrected chi connectivity index (χ4v) is 2.08. The zero-order valence-electron chi connectivity index (χ0n) is 13.9. The van der Waals surface area contributed by atoms with Gasteiger partial charge in [0.15, 0.2) is 0 Å². The molecule has 0 saturated heterocycles. The number of aromatic nitrogens is 3. The summed E-state index contributed by atoms with van der Waals surface area (Å²) in [6.07, 6.45) is -1.74. The maximum absolute atomic E-state index is 12.1. The van der Waals surface area contributed by atoms with E-state index in [4.69, 9.17) is 9.26 Å². The molecule has 2 aromatic rings. The van der Waals surface area contributed by atoms with Crippen molar-refractivity contribution in [3.05, 3.63) is 28.8 Å². The van der Waals surface area contributed by atoms with Gasteiger partial charge in [-0.1, -0.05) is 18.5 Å². The van der Waals surface area contributed by atoms with Crippen LogP contribution in [0.2, 0.25) is 0 Å². The van der Waals surface area contributed by atoms with E-state index in [1.807, 2.05) is 0 Å². The number of unbranched alkanes of at least 4 members (excludes halogenated alkanes) is 1. The number of nitrogens with one attached hydrogen (secondary N) is 2. The molecule has 0 unspecified atom stereocenters. The highest BCUT2D eigenvalue weighted by molar-refractivity contribution is 5.92. The quantitative estimate of drug-likeness (QED) is 0.755. The van der Waals surface area contributed by atoms with Gasteiger partial charge in [0.2, 0.25) is 5.88 Å². The molecule has 2 rings (SSSR count). The largest absolute Gasteiger partial charge is 0.472 e. The minimum Gasteiger partial charge on any atom is -0.472 e. The van der Waals surface area contributed by atoms with Crippen LogP contribution >= 0.6 is 0 Å². The van der Waals surface area contributed by atoms with Gasteiger partial charge in [0, 0.05) is 6.07 Å². The van der Waals surface area contributed by atoms with Crippen molar-refractivity contribution in [1.29, 1.82) is 0 Å². The summed E-state index contributed by atoms with van der Waals surface area (Å²) in [5, 5.41) is 11.8. The van der Waals surface area contributed by atoms with Crippen LogP contribution in [0.25, 0.3) is 0 Å². The zero-order chi connectivity index (χ0) is 18.4. The van der Waals surface area contributed by atoms with Crippen LogP contribution in [0.4, 0.5) is 13.2 Å². The first-order chi connectivity index (χ1) is 11.8. The Balaban J connectivity index is 1.94. The highest BCUT2D eigenvalue weighted by atomic mass is 19.4. The molecular formula is C15H19F3N4O3. The molecule has 10 heteroatoms. The normalized spacial score (nSPS) is 11.6. The molecule has 25 heavy (non-hydrogen) atoms. The van der Waals surface area contributed by atoms with Gasteiger partial charge >= 0.3 is 6.18 Å². The minimum absolute atomic E-state index is 0.0965. The number of rotatable bonds is 8. The first kappa shape index (κ1) is 18.8. The monoisotopic (exact) mass is 360 g/mol. The smallest absolute Gasteiger partial charge is 0.405 e. The van der Waals surface area contributed by atoms with E-state index in [-0.39, 0.29) is 18.2 Å². The molecule has 0 radical (unpaired) electrons. The molecule has 0 fully saturated rings. The van der Waals surface area contributed by atoms with Gasteiger partial charge in [-0.15, -0.1) is 5.10 Å². The fraction of sp³-hybridized carbons (Fsp3) is 0.533. The molecule has 1 amide bonds. The van der Waals surface area contributed by atoms with Crippen molar-refractivity contribution in [1.82, 2.24) is 20.7 Å². The molecule has 2 N–H and O–H groups in total. The van der Waals surface area contributed by atoms with Crippen LogP contribution in [0, 0.1) is 6.92 Å². The third kappa shape index (κ3) is 5.50. The van der Waals surface area contributed by atoms with Crippen molar-refractivity contribution in [3.8, 4) is 5.88 Å². The van der Waals surface area contributed by atoms with Gasteiger partial charge < -0.3 is 14.6 Å². The maximum atomic E-state index is 12.1. The van der Waals surface area contributed by atoms with E-state index in [2.05, 4.69) is 22.3 Å². The number of carbonyl (C=O) groups is 1. The van der Waals surface area contributed by atoms with Crippen molar-refractivity contribution in [2.45, 2.75) is 45.9 Å². The minimum atomic E-state index is -4.48. The van der Waals surface area contributed by atoms with Crippen LogP contribution in [-0.4, -0.2) is 34.0 Å². The number of aromatic amines is 1. The van der Waals surface area contributed by atoms with Gasteiger partial charge in [-0.2, -0.15) is 13.2 Å². The van der Waals surface area contributed by atoms with Crippen molar-refractivity contribution < 1.29 is 27.2 Å². The van der Waals surface area contributed by atoms with Crippen molar-refractivity contribution in [3.63, 3.8) is 0 Å². The Hall–Kier alpha value is -2.52. The van der Waals surface area contributed by atoms with E-state index < -0.39 is 18.6 Å². The topological polar surface area (TPSA) is 93.0 Å². The van der Waals surface area contributed by atoms with E-state index in [1.165, 1.54) is 6.07 Å². The van der Waals surface area contributed by atoms with E-state index >= 15 is 0 Å². The van der Waals surface area contributed by atoms with E-state index in [9.17, 15) is 18.0 Å². The molecule has 0 saturated carbocycles. The van der Waals surface area contributed by atoms with Crippen LogP contribution in [0.5, 0.6) is 5.88 Å². The molecule has 0 spiro atoms. The van der Waals surface area contributed by atoms with Crippen LogP contribution in [-0.2, 0) is 13.0 Å². The summed E-state index contributed by atoms with van der Waals surface area (Å²) >= 11 is 0. The molecule has 7 nitrogen and oxygen atoms in total. The van der Waals surface area contributed by atoms with Gasteiger partial charge in [0.05, 0.1) is 11.3 Å². The number of ether oxygens (including phenoxy) is 1. The van der Waals surface area contributed by atoms with Gasteiger partial charge in [-0.05, 0) is 19.8 Å². The van der Waals surface area contributed by atoms with Gasteiger partial charge in [-0.3, -0.25) is 9.89 Å². The highest BCUT2D eigenvalue weighted by Crippen LogP contribution is 2.19. The van der Waals surface area contributed by atoms with E-state index in [1.54, 1.807) is 12.2 Å². The zero-order valence-corrected chi connectivity index (χ0v) is 13.9. The van der Waals surface area contributed by atoms with Crippen LogP contribution in [0.15, 0.2) is 10.6 Å². The average molecular weight is 360 g/mol. The predicted octanol–water partition coefficient (Wildman–Crippen LogP) is 2.92. The molecule has 2 aromatic heterocycles. The van der Waals surface area contributed by atoms with Gasteiger partial charge in [0.1, 0.15) is 24.6 Å². The Morgan fingerprint density at radius 2 is 2.20 bits per heavy atom. The number of halogens is 3. The first-order valence-electron chi connectivity index (χ1n) is 7.77. The summed E-state index contributed by atoms with van der Waals surface area (Å²) in [5.74, 6) is -0.187. The summed E-state index contributed by atoms with van der Waals surface area (Å²) in [6.45, 7) is 2.56. The van der Waals surface area contributed by atoms with Crippen molar-refractivity contribution in [2.75, 3.05) is 6.54 Å². The Bertz CT molecular complexity index is 709. The van der Waals surface area contributed by atoms with Gasteiger partial charge in [-0.25, -0.2) is 0 Å². The molecule has 138 valence electrons. The fourth-order valence-electron chi connectivity index (χ4n) is 2.08. The lowest BCUT2D eigenvalue weighted by Gasteiger charge is -2.06. The number of amides is 1. The summed E-state index contributed by atoms with van der Waals surface area (Å²) < 4.78 is 46.9. The third-order valence-electron chi connectivity index (χ3n) is 3.45. The lowest BCUT2D eigenvalue weighted by Crippen LogP contribution is -2.33. The van der Waals surface area contributed by atoms with Crippen molar-refractivity contribution in [2.24, 2.45) is 0 Å². The molecule has 0 aliphatic heterocycles.